The number of carbonyl (C=O) groups is 3. The highest BCUT2D eigenvalue weighted by molar-refractivity contribution is 5.99. The van der Waals surface area contributed by atoms with E-state index in [9.17, 15) is 19.5 Å². The van der Waals surface area contributed by atoms with Crippen LogP contribution in [0.2, 0.25) is 0 Å². The first-order valence-electron chi connectivity index (χ1n) is 13.2. The Kier molecular flexibility index (Phi) is 6.99. The van der Waals surface area contributed by atoms with E-state index in [2.05, 4.69) is 5.32 Å². The number of hydrogen-bond donors (Lipinski definition) is 2. The van der Waals surface area contributed by atoms with Gasteiger partial charge in [-0.15, -0.1) is 0 Å². The summed E-state index contributed by atoms with van der Waals surface area (Å²) in [5.41, 5.74) is 0.339. The smallest absolute Gasteiger partial charge is 0.332 e. The fourth-order valence-corrected chi connectivity index (χ4v) is 4.82. The third-order valence-corrected chi connectivity index (χ3v) is 7.00. The largest absolute Gasteiger partial charge is 0.497 e. The topological polar surface area (TPSA) is 124 Å². The van der Waals surface area contributed by atoms with Gasteiger partial charge in [0.15, 0.2) is 0 Å². The maximum atomic E-state index is 13.3. The Morgan fingerprint density at radius 2 is 1.77 bits per heavy atom. The van der Waals surface area contributed by atoms with Crippen molar-refractivity contribution in [2.24, 2.45) is 5.92 Å². The van der Waals surface area contributed by atoms with Crippen LogP contribution < -0.4 is 14.8 Å². The van der Waals surface area contributed by atoms with Crippen LogP contribution in [0, 0.1) is 5.92 Å². The average molecular weight is 545 g/mol. The number of nitrogens with zero attached hydrogens (tertiary/aromatic N) is 1. The Hall–Kier alpha value is -4.40. The van der Waals surface area contributed by atoms with E-state index in [1.54, 1.807) is 33.9 Å². The minimum Gasteiger partial charge on any atom is -0.497 e. The molecule has 1 fully saturated rings. The number of carbonyl (C=O) groups excluding carboxylic acids is 2. The number of hydrogen-bond acceptors (Lipinski definition) is 7. The molecule has 0 saturated heterocycles. The highest BCUT2D eigenvalue weighted by Crippen LogP contribution is 2.40. The van der Waals surface area contributed by atoms with Gasteiger partial charge in [-0.25, -0.2) is 14.6 Å². The first kappa shape index (κ1) is 27.2. The lowest BCUT2D eigenvalue weighted by Gasteiger charge is -2.25. The Balaban J connectivity index is 1.41. The monoisotopic (exact) mass is 544 g/mol. The molecule has 0 spiro atoms. The van der Waals surface area contributed by atoms with Crippen molar-refractivity contribution in [3.63, 3.8) is 0 Å². The third-order valence-electron chi connectivity index (χ3n) is 7.00. The van der Waals surface area contributed by atoms with Crippen molar-refractivity contribution in [3.05, 3.63) is 66.2 Å². The second-order valence-corrected chi connectivity index (χ2v) is 11.2. The molecule has 2 N–H and O–H groups in total. The normalized spacial score (nSPS) is 19.4. The lowest BCUT2D eigenvalue weighted by atomic mass is 9.99. The predicted molar refractivity (Wildman–Crippen MR) is 148 cm³/mol. The van der Waals surface area contributed by atoms with Crippen molar-refractivity contribution in [2.75, 3.05) is 7.11 Å². The summed E-state index contributed by atoms with van der Waals surface area (Å²) in [5.74, 6) is -2.08. The van der Waals surface area contributed by atoms with Crippen molar-refractivity contribution in [1.29, 1.82) is 0 Å². The van der Waals surface area contributed by atoms with E-state index in [0.717, 1.165) is 10.9 Å². The Labute approximate surface area is 232 Å². The molecular formula is C31H32N2O7. The molecule has 1 saturated carbocycles. The van der Waals surface area contributed by atoms with Crippen LogP contribution >= 0.6 is 0 Å². The summed E-state index contributed by atoms with van der Waals surface area (Å²) >= 11 is 0. The number of aliphatic carboxylic acids is 1. The zero-order chi connectivity index (χ0) is 28.7. The second kappa shape index (κ2) is 10.3. The lowest BCUT2D eigenvalue weighted by Crippen LogP contribution is -2.48. The van der Waals surface area contributed by atoms with Crippen LogP contribution in [-0.2, 0) is 19.1 Å². The molecule has 2 aromatic carbocycles. The fraction of sp³-hybridized carbons (Fsp3) is 0.355. The van der Waals surface area contributed by atoms with E-state index in [4.69, 9.17) is 19.2 Å². The molecule has 208 valence electrons. The molecule has 2 atom stereocenters. The molecule has 0 radical (unpaired) electrons. The molecule has 1 heterocycles. The van der Waals surface area contributed by atoms with Gasteiger partial charge in [-0.3, -0.25) is 4.79 Å². The van der Waals surface area contributed by atoms with Gasteiger partial charge < -0.3 is 24.6 Å². The number of fused-ring (bicyclic) bond motifs is 1. The number of aromatic nitrogens is 1. The molecule has 1 aromatic heterocycles. The maximum absolute atomic E-state index is 13.3. The minimum absolute atomic E-state index is 0.0641. The van der Waals surface area contributed by atoms with Gasteiger partial charge in [0.25, 0.3) is 0 Å². The van der Waals surface area contributed by atoms with Gasteiger partial charge in [0.05, 0.1) is 24.2 Å². The second-order valence-electron chi connectivity index (χ2n) is 11.2. The molecule has 2 aliphatic carbocycles. The molecular weight excluding hydrogens is 512 g/mol. The number of benzene rings is 2. The molecule has 2 unspecified atom stereocenters. The average Bonchev–Trinajstić information content (AvgIpc) is 3.57. The van der Waals surface area contributed by atoms with Crippen LogP contribution in [0.15, 0.2) is 66.2 Å². The number of esters is 1. The van der Waals surface area contributed by atoms with E-state index >= 15 is 0 Å². The lowest BCUT2D eigenvalue weighted by molar-refractivity contribution is -0.160. The van der Waals surface area contributed by atoms with Crippen LogP contribution in [0.3, 0.4) is 0 Å². The molecule has 1 amide bonds. The highest BCUT2D eigenvalue weighted by atomic mass is 16.6. The Morgan fingerprint density at radius 3 is 2.40 bits per heavy atom. The molecule has 0 bridgehead atoms. The number of methoxy groups -OCH3 is 1. The first-order chi connectivity index (χ1) is 19.0. The van der Waals surface area contributed by atoms with Crippen molar-refractivity contribution < 1.29 is 33.7 Å². The maximum Gasteiger partial charge on any atom is 0.332 e. The van der Waals surface area contributed by atoms with E-state index in [-0.39, 0.29) is 12.0 Å². The van der Waals surface area contributed by atoms with E-state index in [0.29, 0.717) is 35.6 Å². The summed E-state index contributed by atoms with van der Waals surface area (Å²) in [6.45, 7) is 5.28. The minimum atomic E-state index is -1.21. The van der Waals surface area contributed by atoms with E-state index in [1.165, 1.54) is 6.08 Å². The number of ether oxygens (including phenoxy) is 3. The number of carboxylic acids is 1. The van der Waals surface area contributed by atoms with Crippen molar-refractivity contribution in [3.8, 4) is 22.8 Å². The van der Waals surface area contributed by atoms with Gasteiger partial charge in [0, 0.05) is 35.1 Å². The molecule has 3 aromatic rings. The van der Waals surface area contributed by atoms with Crippen molar-refractivity contribution in [1.82, 2.24) is 10.3 Å². The summed E-state index contributed by atoms with van der Waals surface area (Å²) in [6, 6.07) is 16.9. The van der Waals surface area contributed by atoms with Gasteiger partial charge in [0.2, 0.25) is 5.91 Å². The van der Waals surface area contributed by atoms with Gasteiger partial charge in [0.1, 0.15) is 28.7 Å². The van der Waals surface area contributed by atoms with Crippen LogP contribution in [-0.4, -0.2) is 52.3 Å². The van der Waals surface area contributed by atoms with Gasteiger partial charge in [-0.05, 0) is 51.8 Å². The number of amides is 1. The van der Waals surface area contributed by atoms with Crippen LogP contribution in [0.5, 0.6) is 11.5 Å². The number of nitrogens with one attached hydrogen (secondary N) is 1. The van der Waals surface area contributed by atoms with Crippen molar-refractivity contribution >= 4 is 28.7 Å². The Bertz CT molecular complexity index is 1500. The van der Waals surface area contributed by atoms with Crippen LogP contribution in [0.1, 0.15) is 40.0 Å². The molecule has 0 aliphatic heterocycles. The summed E-state index contributed by atoms with van der Waals surface area (Å²) in [5, 5.41) is 13.4. The Morgan fingerprint density at radius 1 is 1.05 bits per heavy atom. The summed E-state index contributed by atoms with van der Waals surface area (Å²) in [6.07, 6.45) is 1.79. The van der Waals surface area contributed by atoms with Crippen molar-refractivity contribution in [2.45, 2.75) is 57.3 Å². The van der Waals surface area contributed by atoms with Gasteiger partial charge in [-0.1, -0.05) is 30.3 Å². The number of rotatable bonds is 8. The molecule has 5 rings (SSSR count). The summed E-state index contributed by atoms with van der Waals surface area (Å²) in [4.78, 5) is 42.9. The van der Waals surface area contributed by atoms with Crippen LogP contribution in [0.25, 0.3) is 22.2 Å². The molecule has 40 heavy (non-hydrogen) atoms. The summed E-state index contributed by atoms with van der Waals surface area (Å²) < 4.78 is 17.2. The number of pyridine rings is 1. The third kappa shape index (κ3) is 5.64. The molecule has 9 heteroatoms. The van der Waals surface area contributed by atoms with Gasteiger partial charge in [-0.2, -0.15) is 0 Å². The highest BCUT2D eigenvalue weighted by Gasteiger charge is 2.55. The zero-order valence-corrected chi connectivity index (χ0v) is 22.9. The SMILES string of the molecule is COc1ccc2c(OC3C=C(C(=O)O)C(C(=O)NC4(C(=O)OC(C)(C)C)CC4)C3)cc(-c3ccccc3)nc2c1. The molecule has 2 aliphatic rings. The zero-order valence-electron chi connectivity index (χ0n) is 22.9. The fourth-order valence-electron chi connectivity index (χ4n) is 4.82. The summed E-state index contributed by atoms with van der Waals surface area (Å²) in [7, 11) is 1.58. The quantitative estimate of drug-likeness (QED) is 0.392. The first-order valence-corrected chi connectivity index (χ1v) is 13.2. The van der Waals surface area contributed by atoms with E-state index < -0.39 is 41.0 Å². The predicted octanol–water partition coefficient (Wildman–Crippen LogP) is 4.68. The standard InChI is InChI=1S/C31H32N2O7/c1-30(2,3)40-29(37)31(12-13-31)33-27(34)22-14-20(15-23(22)28(35)36)39-26-17-24(18-8-6-5-7-9-18)32-25-16-19(38-4)10-11-21(25)26/h5-11,15-17,20,22H,12-14H2,1-4H3,(H,33,34)(H,35,36). The molecule has 9 nitrogen and oxygen atoms in total. The van der Waals surface area contributed by atoms with E-state index in [1.807, 2.05) is 48.5 Å². The number of carboxylic acid groups (broad SMARTS) is 1. The van der Waals surface area contributed by atoms with Crippen LogP contribution in [0.4, 0.5) is 0 Å². The van der Waals surface area contributed by atoms with Gasteiger partial charge >= 0.3 is 11.9 Å².